The van der Waals surface area contributed by atoms with Crippen LogP contribution in [0.25, 0.3) is 0 Å². The Morgan fingerprint density at radius 2 is 0.775 bits per heavy atom. The Kier molecular flexibility index (Phi) is 31.6. The Balaban J connectivity index is -0.0000000866. The zero-order valence-electron chi connectivity index (χ0n) is 19.5. The molecular weight excluding hydrogens is 712 g/mol. The van der Waals surface area contributed by atoms with E-state index in [4.69, 9.17) is 86.1 Å². The molecule has 0 saturated carbocycles. The SMILES string of the molecule is CCCCn1cc[n+](C)c1.O=P(O)(O)F.O=P(O)(O)F.O=P(O)(O)F.O=P(O)(O)F.O=P(O)(O)F.O=P(O)(O)F. The second-order valence-corrected chi connectivity index (χ2v) is 11.2. The lowest BCUT2D eigenvalue weighted by molar-refractivity contribution is -0.671. The van der Waals surface area contributed by atoms with Gasteiger partial charge in [0.15, 0.2) is 0 Å². The highest BCUT2D eigenvalue weighted by molar-refractivity contribution is 7.46. The van der Waals surface area contributed by atoms with E-state index >= 15 is 0 Å². The van der Waals surface area contributed by atoms with Crippen molar-refractivity contribution < 1.29 is 116 Å². The van der Waals surface area contributed by atoms with E-state index in [0.29, 0.717) is 0 Å². The maximum Gasteiger partial charge on any atom is 0.507 e. The van der Waals surface area contributed by atoms with E-state index in [1.165, 1.54) is 12.8 Å². The van der Waals surface area contributed by atoms with Crippen LogP contribution in [-0.4, -0.2) is 63.3 Å². The predicted molar refractivity (Wildman–Crippen MR) is 119 cm³/mol. The summed E-state index contributed by atoms with van der Waals surface area (Å²) in [5.74, 6) is 0. The number of aryl methyl sites for hydroxylation is 2. The van der Waals surface area contributed by atoms with Crippen LogP contribution in [0.3, 0.4) is 0 Å². The van der Waals surface area contributed by atoms with Crippen LogP contribution >= 0.6 is 47.4 Å². The first-order valence-electron chi connectivity index (χ1n) is 8.35. The van der Waals surface area contributed by atoms with Crippen molar-refractivity contribution in [1.82, 2.24) is 4.57 Å². The standard InChI is InChI=1S/C8H15N2.6FH2O3P/c1-3-4-5-10-7-6-9(2)8-10;6*1-5(2,3)4/h6-8H,3-5H2,1-2H3;6*(H2,2,3,4)/q+1;;;;;;. The van der Waals surface area contributed by atoms with Crippen LogP contribution in [0.15, 0.2) is 18.7 Å². The summed E-state index contributed by atoms with van der Waals surface area (Å²) in [6.07, 6.45) is 8.82. The largest absolute Gasteiger partial charge is 0.507 e. The molecule has 20 nitrogen and oxygen atoms in total. The number of unbranched alkanes of at least 4 members (excludes halogenated alkanes) is 1. The zero-order valence-corrected chi connectivity index (χ0v) is 24.9. The van der Waals surface area contributed by atoms with Gasteiger partial charge in [-0.2, -0.15) is 0 Å². The molecule has 0 fully saturated rings. The molecule has 1 aromatic heterocycles. The Labute approximate surface area is 220 Å². The number of hydrogen-bond donors (Lipinski definition) is 12. The average molecular weight is 739 g/mol. The molecule has 1 rings (SSSR count). The highest BCUT2D eigenvalue weighted by atomic mass is 31.2. The Morgan fingerprint density at radius 3 is 0.900 bits per heavy atom. The van der Waals surface area contributed by atoms with E-state index in [2.05, 4.69) is 34.8 Å². The summed E-state index contributed by atoms with van der Waals surface area (Å²) in [5, 5.41) is 0. The minimum Gasteiger partial charge on any atom is -0.299 e. The van der Waals surface area contributed by atoms with Crippen molar-refractivity contribution in [3.05, 3.63) is 18.7 Å². The molecule has 40 heavy (non-hydrogen) atoms. The predicted octanol–water partition coefficient (Wildman–Crippen LogP) is 1.40. The number of rotatable bonds is 3. The van der Waals surface area contributed by atoms with Gasteiger partial charge in [-0.1, -0.05) is 13.3 Å². The van der Waals surface area contributed by atoms with Crippen LogP contribution in [0.5, 0.6) is 0 Å². The smallest absolute Gasteiger partial charge is 0.299 e. The van der Waals surface area contributed by atoms with E-state index in [-0.39, 0.29) is 0 Å². The third kappa shape index (κ3) is 315. The van der Waals surface area contributed by atoms with Gasteiger partial charge in [-0.3, -0.25) is 58.7 Å². The molecule has 0 atom stereocenters. The molecule has 1 heterocycles. The monoisotopic (exact) mass is 739 g/mol. The highest BCUT2D eigenvalue weighted by Crippen LogP contribution is 2.37. The lowest BCUT2D eigenvalue weighted by atomic mass is 10.3. The third-order valence-corrected chi connectivity index (χ3v) is 1.59. The summed E-state index contributed by atoms with van der Waals surface area (Å²) in [5.41, 5.74) is 0. The molecular formula is C8H27F6N2O18P6+. The second kappa shape index (κ2) is 24.2. The van der Waals surface area contributed by atoms with Crippen LogP contribution in [0.1, 0.15) is 19.8 Å². The van der Waals surface area contributed by atoms with Crippen molar-refractivity contribution in [2.75, 3.05) is 0 Å². The van der Waals surface area contributed by atoms with Gasteiger partial charge in [0, 0.05) is 0 Å². The molecule has 0 amide bonds. The fraction of sp³-hybridized carbons (Fsp3) is 0.625. The van der Waals surface area contributed by atoms with Crippen LogP contribution in [0, 0.1) is 0 Å². The van der Waals surface area contributed by atoms with Gasteiger partial charge in [-0.25, -0.2) is 36.5 Å². The van der Waals surface area contributed by atoms with Gasteiger partial charge in [0.2, 0.25) is 6.33 Å². The van der Waals surface area contributed by atoms with E-state index in [1.807, 2.05) is 7.05 Å². The summed E-state index contributed by atoms with van der Waals surface area (Å²) in [7, 11) is -28.8. The third-order valence-electron chi connectivity index (χ3n) is 1.59. The van der Waals surface area contributed by atoms with Crippen molar-refractivity contribution in [3.8, 4) is 0 Å². The highest BCUT2D eigenvalue weighted by Gasteiger charge is 2.07. The van der Waals surface area contributed by atoms with Crippen LogP contribution in [0.2, 0.25) is 0 Å². The summed E-state index contributed by atoms with van der Waals surface area (Å²) < 4.78 is 118. The molecule has 0 aromatic carbocycles. The first-order chi connectivity index (χ1) is 16.8. The van der Waals surface area contributed by atoms with Gasteiger partial charge in [0.05, 0.1) is 13.6 Å². The summed E-state index contributed by atoms with van der Waals surface area (Å²) in [4.78, 5) is 83.6. The lowest BCUT2D eigenvalue weighted by Gasteiger charge is -1.90. The van der Waals surface area contributed by atoms with E-state index in [9.17, 15) is 25.2 Å². The Hall–Kier alpha value is -0.310. The molecule has 0 unspecified atom stereocenters. The Bertz CT molecular complexity index is 835. The summed E-state index contributed by atoms with van der Waals surface area (Å²) in [6, 6.07) is 0. The molecule has 0 saturated heterocycles. The molecule has 0 aliphatic rings. The van der Waals surface area contributed by atoms with E-state index in [0.717, 1.165) is 6.54 Å². The van der Waals surface area contributed by atoms with E-state index in [1.54, 1.807) is 0 Å². The summed E-state index contributed by atoms with van der Waals surface area (Å²) >= 11 is 0. The molecule has 0 aliphatic heterocycles. The molecule has 0 radical (unpaired) electrons. The number of halogens is 6. The van der Waals surface area contributed by atoms with Gasteiger partial charge >= 0.3 is 47.4 Å². The van der Waals surface area contributed by atoms with Crippen molar-refractivity contribution in [3.63, 3.8) is 0 Å². The molecule has 0 spiro atoms. The number of nitrogens with zero attached hydrogens (tertiary/aromatic N) is 2. The van der Waals surface area contributed by atoms with Gasteiger partial charge < -0.3 is 0 Å². The molecule has 0 bridgehead atoms. The molecule has 32 heteroatoms. The maximum absolute atomic E-state index is 10.4. The topological polar surface area (TPSA) is 354 Å². The normalized spacial score (nSPS) is 11.4. The minimum absolute atomic E-state index is 1.15. The van der Waals surface area contributed by atoms with Crippen LogP contribution < -0.4 is 4.57 Å². The fourth-order valence-corrected chi connectivity index (χ4v) is 0.975. The summed E-state index contributed by atoms with van der Waals surface area (Å²) in [6.45, 7) is 3.36. The number of imidazole rings is 1. The average Bonchev–Trinajstić information content (AvgIpc) is 2.88. The van der Waals surface area contributed by atoms with Crippen LogP contribution in [0.4, 0.5) is 25.2 Å². The van der Waals surface area contributed by atoms with Gasteiger partial charge in [0.25, 0.3) is 0 Å². The molecule has 248 valence electrons. The second-order valence-electron chi connectivity index (χ2n) is 5.51. The maximum atomic E-state index is 10.4. The first-order valence-corrected chi connectivity index (χ1v) is 17.4. The molecule has 0 aliphatic carbocycles. The molecule has 12 N–H and O–H groups in total. The van der Waals surface area contributed by atoms with Crippen molar-refractivity contribution in [2.24, 2.45) is 7.05 Å². The quantitative estimate of drug-likeness (QED) is 0.118. The zero-order chi connectivity index (χ0) is 34.4. The lowest BCUT2D eigenvalue weighted by Crippen LogP contribution is -2.23. The minimum atomic E-state index is -5.14. The van der Waals surface area contributed by atoms with E-state index < -0.39 is 47.4 Å². The van der Waals surface area contributed by atoms with Gasteiger partial charge in [0.1, 0.15) is 12.4 Å². The molecule has 1 aromatic rings. The fourth-order valence-electron chi connectivity index (χ4n) is 0.975. The Morgan fingerprint density at radius 1 is 0.575 bits per heavy atom. The van der Waals surface area contributed by atoms with Crippen LogP contribution in [-0.2, 0) is 41.0 Å². The van der Waals surface area contributed by atoms with Crippen molar-refractivity contribution >= 4 is 47.4 Å². The number of aromatic nitrogens is 2. The van der Waals surface area contributed by atoms with Crippen molar-refractivity contribution in [1.29, 1.82) is 0 Å². The van der Waals surface area contributed by atoms with Gasteiger partial charge in [-0.05, 0) is 6.42 Å². The van der Waals surface area contributed by atoms with Gasteiger partial charge in [-0.15, -0.1) is 25.2 Å². The first kappa shape index (κ1) is 52.3. The van der Waals surface area contributed by atoms with Crippen molar-refractivity contribution in [2.45, 2.75) is 26.3 Å². The number of hydrogen-bond acceptors (Lipinski definition) is 6.